The molecule has 4 nitrogen and oxygen atoms in total. The highest BCUT2D eigenvalue weighted by Gasteiger charge is 2.40. The van der Waals surface area contributed by atoms with Gasteiger partial charge in [-0.1, -0.05) is 27.7 Å². The molecule has 1 saturated carbocycles. The summed E-state index contributed by atoms with van der Waals surface area (Å²) in [6.45, 7) is 10.1. The second-order valence-electron chi connectivity index (χ2n) is 6.83. The Hall–Kier alpha value is -0.610. The number of carbonyl (C=O) groups is 1. The molecule has 1 aliphatic carbocycles. The van der Waals surface area contributed by atoms with Gasteiger partial charge in [0.1, 0.15) is 0 Å². The van der Waals surface area contributed by atoms with E-state index < -0.39 is 5.54 Å². The number of amides is 1. The number of primary amides is 1. The van der Waals surface area contributed by atoms with E-state index in [2.05, 4.69) is 32.6 Å². The highest BCUT2D eigenvalue weighted by Crippen LogP contribution is 2.32. The predicted octanol–water partition coefficient (Wildman–Crippen LogP) is 2.26. The topological polar surface area (TPSA) is 72.3 Å². The van der Waals surface area contributed by atoms with Crippen molar-refractivity contribution in [3.8, 4) is 0 Å². The number of carbonyl (C=O) groups excluding carboxylic acids is 1. The lowest BCUT2D eigenvalue weighted by atomic mass is 9.78. The number of hydrogen-bond acceptors (Lipinski definition) is 3. The summed E-state index contributed by atoms with van der Waals surface area (Å²) in [6.07, 6.45) is 5.87. The van der Waals surface area contributed by atoms with Gasteiger partial charge in [0.15, 0.2) is 0 Å². The lowest BCUT2D eigenvalue weighted by Crippen LogP contribution is -2.59. The summed E-state index contributed by atoms with van der Waals surface area (Å²) >= 11 is 0. The van der Waals surface area contributed by atoms with Crippen molar-refractivity contribution in [3.63, 3.8) is 0 Å². The van der Waals surface area contributed by atoms with Crippen LogP contribution in [0.4, 0.5) is 0 Å². The van der Waals surface area contributed by atoms with Gasteiger partial charge in [0.25, 0.3) is 0 Å². The van der Waals surface area contributed by atoms with Crippen LogP contribution in [-0.2, 0) is 4.79 Å². The van der Waals surface area contributed by atoms with Crippen molar-refractivity contribution in [3.05, 3.63) is 0 Å². The van der Waals surface area contributed by atoms with Crippen LogP contribution in [0.5, 0.6) is 0 Å². The SMILES string of the molecule is CCC(CC)N(CC(C)C)C1CCCC(N)(C(N)=O)C1. The fraction of sp³-hybridized carbons (Fsp3) is 0.938. The molecule has 1 amide bonds. The van der Waals surface area contributed by atoms with Crippen LogP contribution >= 0.6 is 0 Å². The average molecular weight is 283 g/mol. The van der Waals surface area contributed by atoms with Gasteiger partial charge in [0, 0.05) is 18.6 Å². The van der Waals surface area contributed by atoms with Crippen molar-refractivity contribution in [1.82, 2.24) is 4.90 Å². The first kappa shape index (κ1) is 17.4. The maximum Gasteiger partial charge on any atom is 0.237 e. The van der Waals surface area contributed by atoms with Crippen LogP contribution in [0.25, 0.3) is 0 Å². The van der Waals surface area contributed by atoms with Crippen LogP contribution in [0.1, 0.15) is 66.2 Å². The van der Waals surface area contributed by atoms with Crippen LogP contribution in [0.3, 0.4) is 0 Å². The van der Waals surface area contributed by atoms with Crippen molar-refractivity contribution in [1.29, 1.82) is 0 Å². The van der Waals surface area contributed by atoms with Gasteiger partial charge in [-0.15, -0.1) is 0 Å². The molecule has 4 N–H and O–H groups in total. The van der Waals surface area contributed by atoms with Gasteiger partial charge >= 0.3 is 0 Å². The highest BCUT2D eigenvalue weighted by molar-refractivity contribution is 5.84. The quantitative estimate of drug-likeness (QED) is 0.753. The molecular formula is C16H33N3O. The second kappa shape index (κ2) is 7.41. The van der Waals surface area contributed by atoms with Gasteiger partial charge in [-0.25, -0.2) is 0 Å². The molecule has 0 radical (unpaired) electrons. The molecule has 0 heterocycles. The van der Waals surface area contributed by atoms with E-state index in [0.29, 0.717) is 24.4 Å². The van der Waals surface area contributed by atoms with Crippen LogP contribution in [0.15, 0.2) is 0 Å². The molecule has 2 atom stereocenters. The van der Waals surface area contributed by atoms with Crippen molar-refractivity contribution >= 4 is 5.91 Å². The summed E-state index contributed by atoms with van der Waals surface area (Å²) in [6, 6.07) is 0.978. The Labute approximate surface area is 124 Å². The van der Waals surface area contributed by atoms with E-state index in [-0.39, 0.29) is 5.91 Å². The van der Waals surface area contributed by atoms with Gasteiger partial charge in [0.05, 0.1) is 5.54 Å². The highest BCUT2D eigenvalue weighted by atomic mass is 16.1. The molecule has 20 heavy (non-hydrogen) atoms. The molecule has 0 aromatic carbocycles. The molecule has 118 valence electrons. The fourth-order valence-electron chi connectivity index (χ4n) is 3.56. The summed E-state index contributed by atoms with van der Waals surface area (Å²) in [5.41, 5.74) is 11.0. The van der Waals surface area contributed by atoms with Gasteiger partial charge in [-0.05, 0) is 44.4 Å². The molecule has 1 aliphatic rings. The zero-order valence-electron chi connectivity index (χ0n) is 13.7. The van der Waals surface area contributed by atoms with E-state index in [9.17, 15) is 4.79 Å². The minimum atomic E-state index is -0.801. The Bertz CT molecular complexity index is 315. The van der Waals surface area contributed by atoms with Gasteiger partial charge < -0.3 is 11.5 Å². The van der Waals surface area contributed by atoms with Gasteiger partial charge in [-0.3, -0.25) is 9.69 Å². The molecule has 2 unspecified atom stereocenters. The molecule has 0 aromatic rings. The molecule has 1 rings (SSSR count). The molecule has 0 aromatic heterocycles. The van der Waals surface area contributed by atoms with E-state index in [4.69, 9.17) is 11.5 Å². The number of nitrogens with two attached hydrogens (primary N) is 2. The minimum Gasteiger partial charge on any atom is -0.368 e. The molecular weight excluding hydrogens is 250 g/mol. The smallest absolute Gasteiger partial charge is 0.237 e. The summed E-state index contributed by atoms with van der Waals surface area (Å²) in [7, 11) is 0. The Kier molecular flexibility index (Phi) is 6.46. The van der Waals surface area contributed by atoms with Crippen LogP contribution in [-0.4, -0.2) is 35.0 Å². The van der Waals surface area contributed by atoms with E-state index in [1.807, 2.05) is 0 Å². The first-order chi connectivity index (χ1) is 9.34. The Morgan fingerprint density at radius 3 is 2.40 bits per heavy atom. The summed E-state index contributed by atoms with van der Waals surface area (Å²) in [5, 5.41) is 0. The molecule has 0 aliphatic heterocycles. The van der Waals surface area contributed by atoms with E-state index >= 15 is 0 Å². The fourth-order valence-corrected chi connectivity index (χ4v) is 3.56. The van der Waals surface area contributed by atoms with Gasteiger partial charge in [-0.2, -0.15) is 0 Å². The Morgan fingerprint density at radius 2 is 1.95 bits per heavy atom. The third kappa shape index (κ3) is 4.19. The number of nitrogens with zero attached hydrogens (tertiary/aromatic N) is 1. The lowest BCUT2D eigenvalue weighted by Gasteiger charge is -2.45. The first-order valence-electron chi connectivity index (χ1n) is 8.18. The van der Waals surface area contributed by atoms with Crippen LogP contribution < -0.4 is 11.5 Å². The molecule has 1 fully saturated rings. The monoisotopic (exact) mass is 283 g/mol. The maximum atomic E-state index is 11.7. The van der Waals surface area contributed by atoms with Crippen molar-refractivity contribution in [2.75, 3.05) is 6.54 Å². The van der Waals surface area contributed by atoms with Crippen LogP contribution in [0, 0.1) is 5.92 Å². The standard InChI is InChI=1S/C16H33N3O/c1-5-13(6-2)19(11-12(3)4)14-8-7-9-16(18,10-14)15(17)20/h12-14H,5-11,18H2,1-4H3,(H2,17,20). The minimum absolute atomic E-state index is 0.337. The number of hydrogen-bond donors (Lipinski definition) is 2. The third-order valence-corrected chi connectivity index (χ3v) is 4.71. The van der Waals surface area contributed by atoms with E-state index in [0.717, 1.165) is 38.6 Å². The van der Waals surface area contributed by atoms with Crippen LogP contribution in [0.2, 0.25) is 0 Å². The molecule has 0 spiro atoms. The van der Waals surface area contributed by atoms with Crippen molar-refractivity contribution < 1.29 is 4.79 Å². The zero-order valence-corrected chi connectivity index (χ0v) is 13.7. The third-order valence-electron chi connectivity index (χ3n) is 4.71. The van der Waals surface area contributed by atoms with E-state index in [1.54, 1.807) is 0 Å². The van der Waals surface area contributed by atoms with E-state index in [1.165, 1.54) is 0 Å². The first-order valence-corrected chi connectivity index (χ1v) is 8.18. The normalized spacial score (nSPS) is 27.5. The average Bonchev–Trinajstić information content (AvgIpc) is 2.38. The molecule has 0 saturated heterocycles. The lowest BCUT2D eigenvalue weighted by molar-refractivity contribution is -0.125. The second-order valence-corrected chi connectivity index (χ2v) is 6.83. The van der Waals surface area contributed by atoms with Crippen molar-refractivity contribution in [2.45, 2.75) is 83.8 Å². The summed E-state index contributed by atoms with van der Waals surface area (Å²) in [5.74, 6) is 0.287. The van der Waals surface area contributed by atoms with Crippen molar-refractivity contribution in [2.24, 2.45) is 17.4 Å². The zero-order chi connectivity index (χ0) is 15.3. The molecule has 0 bridgehead atoms. The summed E-state index contributed by atoms with van der Waals surface area (Å²) < 4.78 is 0. The van der Waals surface area contributed by atoms with Gasteiger partial charge in [0.2, 0.25) is 5.91 Å². The summed E-state index contributed by atoms with van der Waals surface area (Å²) in [4.78, 5) is 14.2. The largest absolute Gasteiger partial charge is 0.368 e. The predicted molar refractivity (Wildman–Crippen MR) is 84.3 cm³/mol. The molecule has 4 heteroatoms. The maximum absolute atomic E-state index is 11.7. The Balaban J connectivity index is 2.87. The Morgan fingerprint density at radius 1 is 1.35 bits per heavy atom. The number of rotatable bonds is 7.